The van der Waals surface area contributed by atoms with Crippen molar-refractivity contribution >= 4 is 11.9 Å². The van der Waals surface area contributed by atoms with Crippen LogP contribution >= 0.6 is 0 Å². The Labute approximate surface area is 154 Å². The van der Waals surface area contributed by atoms with E-state index in [0.717, 1.165) is 32.1 Å². The monoisotopic (exact) mass is 356 g/mol. The Kier molecular flexibility index (Phi) is 17.0. The molecule has 0 aliphatic carbocycles. The van der Waals surface area contributed by atoms with E-state index < -0.39 is 12.1 Å². The molecular formula is C21H40O4. The molecule has 0 amide bonds. The number of carboxylic acid groups (broad SMARTS) is 1. The average Bonchev–Trinajstić information content (AvgIpc) is 2.56. The van der Waals surface area contributed by atoms with Gasteiger partial charge in [-0.1, -0.05) is 84.5 Å². The summed E-state index contributed by atoms with van der Waals surface area (Å²) >= 11 is 0. The molecule has 0 saturated heterocycles. The number of hydrogen-bond acceptors (Lipinski definition) is 3. The van der Waals surface area contributed by atoms with Gasteiger partial charge in [-0.2, -0.15) is 0 Å². The molecule has 148 valence electrons. The van der Waals surface area contributed by atoms with Gasteiger partial charge in [0.2, 0.25) is 0 Å². The highest BCUT2D eigenvalue weighted by atomic mass is 16.5. The first-order valence-electron chi connectivity index (χ1n) is 10.5. The number of ether oxygens (including phenoxy) is 1. The lowest BCUT2D eigenvalue weighted by Crippen LogP contribution is -2.21. The Hall–Kier alpha value is -1.06. The third-order valence-corrected chi connectivity index (χ3v) is 4.56. The molecule has 0 aromatic carbocycles. The van der Waals surface area contributed by atoms with Crippen LogP contribution in [0.4, 0.5) is 0 Å². The lowest BCUT2D eigenvalue weighted by Gasteiger charge is -2.16. The molecule has 1 atom stereocenters. The van der Waals surface area contributed by atoms with Crippen molar-refractivity contribution in [2.24, 2.45) is 0 Å². The van der Waals surface area contributed by atoms with E-state index in [0.29, 0.717) is 12.8 Å². The number of carbonyl (C=O) groups excluding carboxylic acids is 1. The van der Waals surface area contributed by atoms with Gasteiger partial charge in [-0.3, -0.25) is 9.59 Å². The first-order chi connectivity index (χ1) is 12.1. The van der Waals surface area contributed by atoms with Crippen LogP contribution in [-0.2, 0) is 14.3 Å². The highest BCUT2D eigenvalue weighted by Gasteiger charge is 2.17. The normalized spacial score (nSPS) is 12.1. The van der Waals surface area contributed by atoms with E-state index in [4.69, 9.17) is 9.84 Å². The van der Waals surface area contributed by atoms with Gasteiger partial charge in [-0.25, -0.2) is 0 Å². The summed E-state index contributed by atoms with van der Waals surface area (Å²) in [6.07, 6.45) is 15.6. The molecule has 0 spiro atoms. The second kappa shape index (κ2) is 17.8. The molecular weight excluding hydrogens is 316 g/mol. The van der Waals surface area contributed by atoms with Crippen molar-refractivity contribution in [3.63, 3.8) is 0 Å². The van der Waals surface area contributed by atoms with Crippen molar-refractivity contribution in [3.8, 4) is 0 Å². The predicted octanol–water partition coefficient (Wildman–Crippen LogP) is 6.26. The summed E-state index contributed by atoms with van der Waals surface area (Å²) < 4.78 is 5.41. The lowest BCUT2D eigenvalue weighted by atomic mass is 10.0. The molecule has 0 aliphatic rings. The predicted molar refractivity (Wildman–Crippen MR) is 103 cm³/mol. The summed E-state index contributed by atoms with van der Waals surface area (Å²) in [6.45, 7) is 4.38. The van der Waals surface area contributed by atoms with Gasteiger partial charge in [0.25, 0.3) is 0 Å². The second-order valence-corrected chi connectivity index (χ2v) is 7.14. The summed E-state index contributed by atoms with van der Waals surface area (Å²) in [6, 6.07) is 0. The first kappa shape index (κ1) is 23.9. The number of rotatable bonds is 18. The zero-order valence-corrected chi connectivity index (χ0v) is 16.6. The SMILES string of the molecule is CCCCCCCCCCC(CC(=O)O)OC(=O)CCCCCCC. The Balaban J connectivity index is 3.84. The Bertz CT molecular complexity index is 328. The summed E-state index contributed by atoms with van der Waals surface area (Å²) in [5.41, 5.74) is 0. The molecule has 0 aliphatic heterocycles. The van der Waals surface area contributed by atoms with E-state index in [1.807, 2.05) is 0 Å². The fraction of sp³-hybridized carbons (Fsp3) is 0.905. The van der Waals surface area contributed by atoms with Crippen LogP contribution in [0.2, 0.25) is 0 Å². The minimum absolute atomic E-state index is 0.0714. The minimum Gasteiger partial charge on any atom is -0.481 e. The zero-order valence-electron chi connectivity index (χ0n) is 16.6. The molecule has 0 radical (unpaired) electrons. The van der Waals surface area contributed by atoms with Gasteiger partial charge in [0.05, 0.1) is 6.42 Å². The van der Waals surface area contributed by atoms with Crippen molar-refractivity contribution in [2.45, 2.75) is 123 Å². The number of aliphatic carboxylic acids is 1. The van der Waals surface area contributed by atoms with Crippen molar-refractivity contribution < 1.29 is 19.4 Å². The summed E-state index contributed by atoms with van der Waals surface area (Å²) in [5.74, 6) is -1.12. The van der Waals surface area contributed by atoms with E-state index in [2.05, 4.69) is 13.8 Å². The van der Waals surface area contributed by atoms with Gasteiger partial charge in [0, 0.05) is 6.42 Å². The molecule has 25 heavy (non-hydrogen) atoms. The summed E-state index contributed by atoms with van der Waals surface area (Å²) in [4.78, 5) is 22.9. The first-order valence-corrected chi connectivity index (χ1v) is 10.5. The summed E-state index contributed by atoms with van der Waals surface area (Å²) in [7, 11) is 0. The number of carbonyl (C=O) groups is 2. The van der Waals surface area contributed by atoms with E-state index in [1.165, 1.54) is 51.4 Å². The zero-order chi connectivity index (χ0) is 18.8. The van der Waals surface area contributed by atoms with Crippen LogP contribution in [0.5, 0.6) is 0 Å². The molecule has 0 saturated carbocycles. The molecule has 0 heterocycles. The quantitative estimate of drug-likeness (QED) is 0.232. The van der Waals surface area contributed by atoms with Gasteiger partial charge in [0.1, 0.15) is 6.10 Å². The van der Waals surface area contributed by atoms with Crippen LogP contribution in [0.1, 0.15) is 117 Å². The molecule has 0 rings (SSSR count). The number of carboxylic acids is 1. The van der Waals surface area contributed by atoms with Gasteiger partial charge in [0.15, 0.2) is 0 Å². The van der Waals surface area contributed by atoms with Gasteiger partial charge >= 0.3 is 11.9 Å². The van der Waals surface area contributed by atoms with Crippen LogP contribution in [0, 0.1) is 0 Å². The van der Waals surface area contributed by atoms with E-state index >= 15 is 0 Å². The lowest BCUT2D eigenvalue weighted by molar-refractivity contribution is -0.153. The van der Waals surface area contributed by atoms with Crippen molar-refractivity contribution in [3.05, 3.63) is 0 Å². The van der Waals surface area contributed by atoms with Crippen molar-refractivity contribution in [1.82, 2.24) is 0 Å². The van der Waals surface area contributed by atoms with Crippen LogP contribution < -0.4 is 0 Å². The largest absolute Gasteiger partial charge is 0.481 e. The third-order valence-electron chi connectivity index (χ3n) is 4.56. The number of hydrogen-bond donors (Lipinski definition) is 1. The molecule has 0 aromatic heterocycles. The topological polar surface area (TPSA) is 63.6 Å². The average molecular weight is 357 g/mol. The fourth-order valence-corrected chi connectivity index (χ4v) is 3.02. The smallest absolute Gasteiger partial charge is 0.307 e. The van der Waals surface area contributed by atoms with Crippen LogP contribution in [-0.4, -0.2) is 23.1 Å². The molecule has 4 nitrogen and oxygen atoms in total. The Morgan fingerprint density at radius 3 is 1.76 bits per heavy atom. The molecule has 0 aromatic rings. The maximum absolute atomic E-state index is 11.9. The third kappa shape index (κ3) is 17.6. The maximum atomic E-state index is 11.9. The van der Waals surface area contributed by atoms with E-state index in [-0.39, 0.29) is 12.4 Å². The van der Waals surface area contributed by atoms with Crippen molar-refractivity contribution in [1.29, 1.82) is 0 Å². The van der Waals surface area contributed by atoms with Gasteiger partial charge in [-0.05, 0) is 19.3 Å². The molecule has 0 bridgehead atoms. The van der Waals surface area contributed by atoms with E-state index in [9.17, 15) is 9.59 Å². The standard InChI is InChI=1S/C21H40O4/c1-3-5-7-9-10-11-13-14-16-19(18-20(22)23)25-21(24)17-15-12-8-6-4-2/h19H,3-18H2,1-2H3,(H,22,23). The van der Waals surface area contributed by atoms with Crippen LogP contribution in [0.3, 0.4) is 0 Å². The molecule has 4 heteroatoms. The molecule has 0 fully saturated rings. The molecule has 1 N–H and O–H groups in total. The fourth-order valence-electron chi connectivity index (χ4n) is 3.02. The molecule has 1 unspecified atom stereocenters. The summed E-state index contributed by atoms with van der Waals surface area (Å²) in [5, 5.41) is 9.00. The second-order valence-electron chi connectivity index (χ2n) is 7.14. The Morgan fingerprint density at radius 1 is 0.760 bits per heavy atom. The van der Waals surface area contributed by atoms with Gasteiger partial charge in [-0.15, -0.1) is 0 Å². The Morgan fingerprint density at radius 2 is 1.24 bits per heavy atom. The highest BCUT2D eigenvalue weighted by Crippen LogP contribution is 2.15. The number of unbranched alkanes of at least 4 members (excludes halogenated alkanes) is 11. The van der Waals surface area contributed by atoms with E-state index in [1.54, 1.807) is 0 Å². The highest BCUT2D eigenvalue weighted by molar-refractivity contribution is 5.71. The number of esters is 1. The van der Waals surface area contributed by atoms with Crippen LogP contribution in [0.15, 0.2) is 0 Å². The van der Waals surface area contributed by atoms with Crippen molar-refractivity contribution in [2.75, 3.05) is 0 Å². The van der Waals surface area contributed by atoms with Gasteiger partial charge < -0.3 is 9.84 Å². The minimum atomic E-state index is -0.889. The maximum Gasteiger partial charge on any atom is 0.307 e. The van der Waals surface area contributed by atoms with Crippen LogP contribution in [0.25, 0.3) is 0 Å².